The molecule has 0 bridgehead atoms. The summed E-state index contributed by atoms with van der Waals surface area (Å²) in [6.45, 7) is 0. The Morgan fingerprint density at radius 3 is 1.43 bits per heavy atom. The summed E-state index contributed by atoms with van der Waals surface area (Å²) in [5.41, 5.74) is -0.109. The van der Waals surface area contributed by atoms with E-state index in [1.54, 1.807) is 0 Å². The van der Waals surface area contributed by atoms with Gasteiger partial charge in [0.1, 0.15) is 0 Å². The van der Waals surface area contributed by atoms with E-state index in [1.165, 1.54) is 48.6 Å². The average molecular weight is 457 g/mol. The van der Waals surface area contributed by atoms with Crippen molar-refractivity contribution in [3.8, 4) is 0 Å². The summed E-state index contributed by atoms with van der Waals surface area (Å²) in [6.07, 6.45) is 12.9. The average Bonchev–Trinajstić information content (AvgIpc) is 2.60. The van der Waals surface area contributed by atoms with E-state index in [1.807, 2.05) is 10.3 Å². The number of rotatable bonds is 5. The lowest BCUT2D eigenvalue weighted by atomic mass is 9.97. The lowest BCUT2D eigenvalue weighted by Gasteiger charge is -2.26. The van der Waals surface area contributed by atoms with Gasteiger partial charge in [-0.2, -0.15) is 26.8 Å². The minimum absolute atomic E-state index is 0.0547. The van der Waals surface area contributed by atoms with E-state index in [0.717, 1.165) is 12.2 Å². The van der Waals surface area contributed by atoms with Crippen molar-refractivity contribution < 1.29 is 25.9 Å². The van der Waals surface area contributed by atoms with Crippen molar-refractivity contribution in [1.82, 2.24) is 0 Å². The van der Waals surface area contributed by atoms with Gasteiger partial charge in [0.05, 0.1) is 10.3 Å². The second-order valence-electron chi connectivity index (χ2n) is 5.43. The SMILES string of the molecule is O=S(=O)(O)C1(N=C=S)C=CC=C/C1=C\C=C1/C=CC=CC1(N=C=S)S(=O)(=O)O. The van der Waals surface area contributed by atoms with E-state index < -0.39 is 30.0 Å². The van der Waals surface area contributed by atoms with Crippen molar-refractivity contribution in [3.63, 3.8) is 0 Å². The van der Waals surface area contributed by atoms with Gasteiger partial charge in [0, 0.05) is 11.1 Å². The monoisotopic (exact) mass is 456 g/mol. The van der Waals surface area contributed by atoms with Crippen LogP contribution >= 0.6 is 24.4 Å². The number of hydrogen-bond donors (Lipinski definition) is 2. The first-order valence-corrected chi connectivity index (χ1v) is 11.0. The van der Waals surface area contributed by atoms with Crippen molar-refractivity contribution in [1.29, 1.82) is 0 Å². The fourth-order valence-electron chi connectivity index (χ4n) is 2.58. The number of nitrogens with zero attached hydrogens (tertiary/aromatic N) is 2. The van der Waals surface area contributed by atoms with E-state index >= 15 is 0 Å². The first-order valence-electron chi connectivity index (χ1n) is 7.31. The molecule has 0 amide bonds. The minimum Gasteiger partial charge on any atom is -0.283 e. The van der Waals surface area contributed by atoms with Crippen LogP contribution in [0, 0.1) is 0 Å². The molecule has 28 heavy (non-hydrogen) atoms. The summed E-state index contributed by atoms with van der Waals surface area (Å²) >= 11 is 8.99. The standard InChI is InChI=1S/C16H12N2O6S4/c19-27(20,21)15(17-11-25)9-3-1-5-13(15)7-8-14-6-2-4-10-16(14,18-12-26)28(22,23)24/h1-10H,(H,19,20,21)(H,22,23,24)/b13-7+,14-8+. The topological polar surface area (TPSA) is 133 Å². The second-order valence-corrected chi connectivity index (χ2v) is 8.94. The lowest BCUT2D eigenvalue weighted by molar-refractivity contribution is 0.459. The number of isothiocyanates is 2. The minimum atomic E-state index is -4.80. The number of allylic oxidation sites excluding steroid dienone is 6. The molecule has 12 heteroatoms. The fourth-order valence-corrected chi connectivity index (χ4v) is 4.67. The van der Waals surface area contributed by atoms with Gasteiger partial charge in [0.15, 0.2) is 0 Å². The van der Waals surface area contributed by atoms with Crippen LogP contribution in [0.4, 0.5) is 0 Å². The molecule has 0 aromatic carbocycles. The van der Waals surface area contributed by atoms with Gasteiger partial charge in [-0.1, -0.05) is 48.6 Å². The second kappa shape index (κ2) is 8.08. The van der Waals surface area contributed by atoms with Gasteiger partial charge in [0.2, 0.25) is 9.74 Å². The Morgan fingerprint density at radius 2 is 1.14 bits per heavy atom. The molecule has 0 fully saturated rings. The summed E-state index contributed by atoms with van der Waals surface area (Å²) < 4.78 is 67.3. The zero-order chi connectivity index (χ0) is 21.1. The molecule has 146 valence electrons. The molecular formula is C16H12N2O6S4. The van der Waals surface area contributed by atoms with Crippen LogP contribution in [-0.2, 0) is 20.2 Å². The predicted octanol–water partition coefficient (Wildman–Crippen LogP) is 2.46. The molecule has 0 aromatic heterocycles. The summed E-state index contributed by atoms with van der Waals surface area (Å²) in [5.74, 6) is 0. The van der Waals surface area contributed by atoms with Gasteiger partial charge in [-0.3, -0.25) is 9.11 Å². The third-order valence-electron chi connectivity index (χ3n) is 3.90. The van der Waals surface area contributed by atoms with E-state index in [4.69, 9.17) is 0 Å². The van der Waals surface area contributed by atoms with Gasteiger partial charge in [-0.05, 0) is 36.6 Å². The highest BCUT2D eigenvalue weighted by atomic mass is 32.2. The normalized spacial score (nSPS) is 29.5. The molecule has 2 unspecified atom stereocenters. The van der Waals surface area contributed by atoms with Crippen LogP contribution < -0.4 is 0 Å². The quantitative estimate of drug-likeness (QED) is 0.366. The van der Waals surface area contributed by atoms with Crippen LogP contribution in [0.5, 0.6) is 0 Å². The predicted molar refractivity (Wildman–Crippen MR) is 111 cm³/mol. The fraction of sp³-hybridized carbons (Fsp3) is 0.125. The third kappa shape index (κ3) is 3.86. The van der Waals surface area contributed by atoms with Gasteiger partial charge in [0.25, 0.3) is 20.2 Å². The number of aliphatic imine (C=N–C) groups is 2. The third-order valence-corrected chi connectivity index (χ3v) is 6.58. The van der Waals surface area contributed by atoms with Gasteiger partial charge >= 0.3 is 0 Å². The molecule has 0 saturated heterocycles. The molecule has 2 aliphatic rings. The highest BCUT2D eigenvalue weighted by molar-refractivity contribution is 7.88. The van der Waals surface area contributed by atoms with Crippen LogP contribution in [0.3, 0.4) is 0 Å². The van der Waals surface area contributed by atoms with Crippen molar-refractivity contribution in [3.05, 3.63) is 71.9 Å². The molecule has 2 aliphatic carbocycles. The molecule has 0 saturated carbocycles. The van der Waals surface area contributed by atoms with E-state index in [2.05, 4.69) is 34.4 Å². The largest absolute Gasteiger partial charge is 0.300 e. The zero-order valence-corrected chi connectivity index (χ0v) is 17.1. The molecular weight excluding hydrogens is 444 g/mol. The van der Waals surface area contributed by atoms with Gasteiger partial charge < -0.3 is 0 Å². The van der Waals surface area contributed by atoms with Crippen molar-refractivity contribution in [2.75, 3.05) is 0 Å². The first kappa shape index (κ1) is 22.2. The molecule has 0 radical (unpaired) electrons. The van der Waals surface area contributed by atoms with Crippen LogP contribution in [0.1, 0.15) is 0 Å². The molecule has 2 N–H and O–H groups in total. The molecule has 0 aromatic rings. The van der Waals surface area contributed by atoms with Crippen LogP contribution in [0.2, 0.25) is 0 Å². The summed E-state index contributed by atoms with van der Waals surface area (Å²) in [5, 5.41) is 3.87. The maximum Gasteiger partial charge on any atom is 0.300 e. The van der Waals surface area contributed by atoms with E-state index in [9.17, 15) is 25.9 Å². The highest BCUT2D eigenvalue weighted by Crippen LogP contribution is 2.36. The van der Waals surface area contributed by atoms with Gasteiger partial charge in [-0.25, -0.2) is 0 Å². The molecule has 8 nitrogen and oxygen atoms in total. The van der Waals surface area contributed by atoms with Gasteiger partial charge in [-0.15, -0.1) is 0 Å². The molecule has 2 atom stereocenters. The van der Waals surface area contributed by atoms with Crippen LogP contribution in [0.25, 0.3) is 0 Å². The molecule has 0 aliphatic heterocycles. The Labute approximate surface area is 172 Å². The summed E-state index contributed by atoms with van der Waals surface area (Å²) in [7, 11) is -9.61. The Hall–Kier alpha value is -2.14. The first-order chi connectivity index (χ1) is 13.0. The van der Waals surface area contributed by atoms with E-state index in [0.29, 0.717) is 0 Å². The molecule has 0 spiro atoms. The molecule has 2 rings (SSSR count). The Bertz CT molecular complexity index is 1080. The summed E-state index contributed by atoms with van der Waals surface area (Å²) in [6, 6.07) is 0. The lowest BCUT2D eigenvalue weighted by Crippen LogP contribution is -2.37. The Morgan fingerprint density at radius 1 is 0.786 bits per heavy atom. The zero-order valence-electron chi connectivity index (χ0n) is 13.8. The molecule has 0 heterocycles. The number of thiocarbonyl (C=S) groups is 2. The Balaban J connectivity index is 2.77. The smallest absolute Gasteiger partial charge is 0.283 e. The Kier molecular flexibility index (Phi) is 6.39. The summed E-state index contributed by atoms with van der Waals surface area (Å²) in [4.78, 5) is 2.69. The highest BCUT2D eigenvalue weighted by Gasteiger charge is 2.46. The maximum atomic E-state index is 12.0. The van der Waals surface area contributed by atoms with Crippen molar-refractivity contribution in [2.45, 2.75) is 9.74 Å². The van der Waals surface area contributed by atoms with E-state index in [-0.39, 0.29) is 11.1 Å². The van der Waals surface area contributed by atoms with Crippen LogP contribution in [0.15, 0.2) is 81.9 Å². The van der Waals surface area contributed by atoms with Crippen LogP contribution in [-0.4, -0.2) is 46.0 Å². The number of hydrogen-bond acceptors (Lipinski definition) is 8. The van der Waals surface area contributed by atoms with Crippen molar-refractivity contribution in [2.24, 2.45) is 9.98 Å². The maximum absolute atomic E-state index is 12.0. The van der Waals surface area contributed by atoms with Crippen molar-refractivity contribution >= 4 is 55.0 Å².